The molecule has 0 aliphatic carbocycles. The number of rotatable bonds is 54. The number of aliphatic hydroxyl groups excluding tert-OH is 1. The number of unbranched alkanes of at least 4 members (excludes halogenated alkanes) is 35. The zero-order valence-corrected chi connectivity index (χ0v) is 47.2. The number of allylic oxidation sites excluding steroid dienone is 7. The molecule has 0 radical (unpaired) electrons. The number of carbonyl (C=O) groups excluding carboxylic acids is 1. The van der Waals surface area contributed by atoms with Crippen LogP contribution in [0.4, 0.5) is 0 Å². The Kier molecular flexibility index (Phi) is 50.2. The molecule has 0 aromatic carbocycles. The molecule has 0 heterocycles. The van der Waals surface area contributed by atoms with E-state index in [-0.39, 0.29) is 12.5 Å². The second-order valence-electron chi connectivity index (χ2n) is 21.3. The van der Waals surface area contributed by atoms with Crippen LogP contribution < -0.4 is 10.2 Å². The van der Waals surface area contributed by atoms with Crippen LogP contribution in [0, 0.1) is 0 Å². The van der Waals surface area contributed by atoms with E-state index in [1.807, 2.05) is 27.2 Å². The number of phosphoric ester groups is 1. The Hall–Kier alpha value is -1.54. The van der Waals surface area contributed by atoms with Crippen LogP contribution in [0.2, 0.25) is 0 Å². The molecule has 0 fully saturated rings. The first-order valence-corrected chi connectivity index (χ1v) is 31.0. The van der Waals surface area contributed by atoms with Gasteiger partial charge >= 0.3 is 0 Å². The van der Waals surface area contributed by atoms with Crippen molar-refractivity contribution in [1.82, 2.24) is 5.32 Å². The fraction of sp³-hybridized carbons (Fsp3) is 0.850. The lowest BCUT2D eigenvalue weighted by Gasteiger charge is -2.29. The van der Waals surface area contributed by atoms with Crippen LogP contribution in [-0.2, 0) is 18.4 Å². The highest BCUT2D eigenvalue weighted by molar-refractivity contribution is 7.45. The largest absolute Gasteiger partial charge is 0.756 e. The molecular weight excluding hydrogens is 876 g/mol. The monoisotopic (exact) mass is 991 g/mol. The molecule has 8 nitrogen and oxygen atoms in total. The van der Waals surface area contributed by atoms with Gasteiger partial charge in [-0.15, -0.1) is 0 Å². The van der Waals surface area contributed by atoms with Gasteiger partial charge in [0.1, 0.15) is 13.2 Å². The Balaban J connectivity index is 4.25. The number of phosphoric acid groups is 1. The Morgan fingerprint density at radius 1 is 0.507 bits per heavy atom. The van der Waals surface area contributed by atoms with Crippen LogP contribution >= 0.6 is 7.82 Å². The summed E-state index contributed by atoms with van der Waals surface area (Å²) in [4.78, 5) is 25.5. The van der Waals surface area contributed by atoms with E-state index in [4.69, 9.17) is 9.05 Å². The van der Waals surface area contributed by atoms with Gasteiger partial charge in [0.2, 0.25) is 5.91 Å². The van der Waals surface area contributed by atoms with E-state index >= 15 is 0 Å². The molecule has 9 heteroatoms. The number of nitrogens with zero attached hydrogens (tertiary/aromatic N) is 1. The van der Waals surface area contributed by atoms with Gasteiger partial charge in [0.05, 0.1) is 39.9 Å². The normalized spacial score (nSPS) is 14.2. The lowest BCUT2D eigenvalue weighted by Crippen LogP contribution is -2.45. The maximum atomic E-state index is 13.0. The minimum Gasteiger partial charge on any atom is -0.756 e. The van der Waals surface area contributed by atoms with Crippen molar-refractivity contribution in [1.29, 1.82) is 0 Å². The van der Waals surface area contributed by atoms with E-state index in [2.05, 4.69) is 55.6 Å². The maximum Gasteiger partial charge on any atom is 0.268 e. The molecule has 0 saturated heterocycles. The standard InChI is InChI=1S/C60H115N2O6P/c1-6-8-10-12-14-16-18-20-22-24-26-28-29-30-31-32-34-35-37-39-41-43-45-47-49-51-53-59(63)58(57-68-69(65,66)67-56-55-62(3,4)5)61-60(64)54-52-50-48-46-44-42-40-38-36-33-27-25-23-21-19-17-15-13-11-9-7-2/h19,21,25,27,43,45,51,53,58-59,63H,6-18,20,22-24,26,28-42,44,46-50,52,54-57H2,1-5H3,(H-,61,64,65,66)/b21-19-,27-25-,45-43+,53-51+. The molecule has 0 saturated carbocycles. The molecule has 69 heavy (non-hydrogen) atoms. The second kappa shape index (κ2) is 51.4. The van der Waals surface area contributed by atoms with Crippen molar-refractivity contribution < 1.29 is 32.9 Å². The summed E-state index contributed by atoms with van der Waals surface area (Å²) in [6.07, 6.45) is 67.7. The quantitative estimate of drug-likeness (QED) is 0.0272. The number of carbonyl (C=O) groups is 1. The van der Waals surface area contributed by atoms with Gasteiger partial charge in [0.25, 0.3) is 7.82 Å². The molecule has 0 rings (SSSR count). The zero-order chi connectivity index (χ0) is 50.6. The van der Waals surface area contributed by atoms with Gasteiger partial charge in [-0.1, -0.05) is 255 Å². The Labute approximate surface area is 429 Å². The molecule has 2 N–H and O–H groups in total. The van der Waals surface area contributed by atoms with Crippen molar-refractivity contribution in [2.75, 3.05) is 40.9 Å². The third-order valence-corrected chi connectivity index (χ3v) is 14.2. The molecule has 3 atom stereocenters. The van der Waals surface area contributed by atoms with Gasteiger partial charge in [-0.25, -0.2) is 0 Å². The van der Waals surface area contributed by atoms with Crippen molar-refractivity contribution in [2.24, 2.45) is 0 Å². The third-order valence-electron chi connectivity index (χ3n) is 13.3. The molecule has 0 aromatic heterocycles. The molecule has 406 valence electrons. The van der Waals surface area contributed by atoms with Gasteiger partial charge in [-0.2, -0.15) is 0 Å². The van der Waals surface area contributed by atoms with Gasteiger partial charge in [0, 0.05) is 6.42 Å². The van der Waals surface area contributed by atoms with Crippen molar-refractivity contribution in [3.05, 3.63) is 48.6 Å². The third kappa shape index (κ3) is 54.1. The Morgan fingerprint density at radius 2 is 0.855 bits per heavy atom. The Morgan fingerprint density at radius 3 is 1.26 bits per heavy atom. The van der Waals surface area contributed by atoms with Crippen molar-refractivity contribution in [3.63, 3.8) is 0 Å². The van der Waals surface area contributed by atoms with E-state index in [0.29, 0.717) is 17.4 Å². The zero-order valence-electron chi connectivity index (χ0n) is 46.3. The summed E-state index contributed by atoms with van der Waals surface area (Å²) in [5.41, 5.74) is 0. The minimum absolute atomic E-state index is 0.00783. The summed E-state index contributed by atoms with van der Waals surface area (Å²) in [7, 11) is 1.24. The summed E-state index contributed by atoms with van der Waals surface area (Å²) < 4.78 is 23.3. The summed E-state index contributed by atoms with van der Waals surface area (Å²) in [6, 6.07) is -0.907. The van der Waals surface area contributed by atoms with Crippen LogP contribution in [0.1, 0.15) is 277 Å². The van der Waals surface area contributed by atoms with E-state index in [1.165, 1.54) is 212 Å². The summed E-state index contributed by atoms with van der Waals surface area (Å²) >= 11 is 0. The number of likely N-dealkylation sites (N-methyl/N-ethyl adjacent to an activating group) is 1. The van der Waals surface area contributed by atoms with Gasteiger partial charge in [-0.05, 0) is 64.2 Å². The number of hydrogen-bond acceptors (Lipinski definition) is 6. The fourth-order valence-electron chi connectivity index (χ4n) is 8.61. The van der Waals surface area contributed by atoms with Crippen LogP contribution in [0.15, 0.2) is 48.6 Å². The average molecular weight is 992 g/mol. The van der Waals surface area contributed by atoms with Gasteiger partial charge in [-0.3, -0.25) is 9.36 Å². The predicted molar refractivity (Wildman–Crippen MR) is 298 cm³/mol. The topological polar surface area (TPSA) is 108 Å². The second-order valence-corrected chi connectivity index (χ2v) is 22.8. The fourth-order valence-corrected chi connectivity index (χ4v) is 9.34. The molecule has 3 unspecified atom stereocenters. The number of nitrogens with one attached hydrogen (secondary N) is 1. The number of hydrogen-bond donors (Lipinski definition) is 2. The lowest BCUT2D eigenvalue weighted by molar-refractivity contribution is -0.870. The number of quaternary nitrogens is 1. The highest BCUT2D eigenvalue weighted by Crippen LogP contribution is 2.38. The summed E-state index contributed by atoms with van der Waals surface area (Å²) in [6.45, 7) is 4.64. The summed E-state index contributed by atoms with van der Waals surface area (Å²) in [5, 5.41) is 13.9. The van der Waals surface area contributed by atoms with E-state index in [0.717, 1.165) is 44.9 Å². The molecule has 0 aliphatic rings. The van der Waals surface area contributed by atoms with Crippen LogP contribution in [-0.4, -0.2) is 68.5 Å². The predicted octanol–water partition coefficient (Wildman–Crippen LogP) is 17.3. The maximum absolute atomic E-state index is 13.0. The molecule has 0 spiro atoms. The minimum atomic E-state index is -4.61. The molecule has 0 aliphatic heterocycles. The van der Waals surface area contributed by atoms with Gasteiger partial charge < -0.3 is 28.8 Å². The van der Waals surface area contributed by atoms with Crippen LogP contribution in [0.25, 0.3) is 0 Å². The van der Waals surface area contributed by atoms with Crippen molar-refractivity contribution in [3.8, 4) is 0 Å². The lowest BCUT2D eigenvalue weighted by atomic mass is 10.0. The number of aliphatic hydroxyl groups is 1. The average Bonchev–Trinajstić information content (AvgIpc) is 3.31. The summed E-state index contributed by atoms with van der Waals surface area (Å²) in [5.74, 6) is -0.210. The van der Waals surface area contributed by atoms with E-state index in [9.17, 15) is 19.4 Å². The molecule has 0 bridgehead atoms. The van der Waals surface area contributed by atoms with Gasteiger partial charge in [0.15, 0.2) is 0 Å². The van der Waals surface area contributed by atoms with Crippen LogP contribution in [0.3, 0.4) is 0 Å². The number of amides is 1. The molecule has 0 aromatic rings. The first-order chi connectivity index (χ1) is 33.5. The van der Waals surface area contributed by atoms with Crippen LogP contribution in [0.5, 0.6) is 0 Å². The molecular formula is C60H115N2O6P. The van der Waals surface area contributed by atoms with Crippen molar-refractivity contribution in [2.45, 2.75) is 289 Å². The smallest absolute Gasteiger partial charge is 0.268 e. The van der Waals surface area contributed by atoms with Crippen molar-refractivity contribution >= 4 is 13.7 Å². The Bertz CT molecular complexity index is 1260. The van der Waals surface area contributed by atoms with E-state index < -0.39 is 26.6 Å². The first kappa shape index (κ1) is 67.5. The SMILES string of the molecule is CCCCCCC/C=C\C/C=C\CCCCCCCCCCCC(=O)NC(COP(=O)([O-])OCC[N+](C)(C)C)C(O)/C=C/CC/C=C/CCCCCCCCCCCCCCCCCCCCCC. The molecule has 1 amide bonds. The highest BCUT2D eigenvalue weighted by atomic mass is 31.2. The van der Waals surface area contributed by atoms with E-state index in [1.54, 1.807) is 6.08 Å². The first-order valence-electron chi connectivity index (χ1n) is 29.5. The highest BCUT2D eigenvalue weighted by Gasteiger charge is 2.23.